The molecule has 1 saturated heterocycles. The summed E-state index contributed by atoms with van der Waals surface area (Å²) in [6, 6.07) is 0. The third-order valence-corrected chi connectivity index (χ3v) is 4.51. The molecule has 6 heteroatoms. The number of hydrogen-bond donors (Lipinski definition) is 0. The molecule has 1 fully saturated rings. The maximum absolute atomic E-state index is 12.1. The van der Waals surface area contributed by atoms with Crippen LogP contribution in [0, 0.1) is 0 Å². The highest BCUT2D eigenvalue weighted by molar-refractivity contribution is 5.68. The molecule has 1 amide bonds. The molecule has 0 aromatic carbocycles. The van der Waals surface area contributed by atoms with Crippen LogP contribution in [0.3, 0.4) is 0 Å². The van der Waals surface area contributed by atoms with E-state index in [1.807, 2.05) is 33.2 Å². The van der Waals surface area contributed by atoms with Gasteiger partial charge in [0, 0.05) is 44.1 Å². The predicted molar refractivity (Wildman–Crippen MR) is 98.5 cm³/mol. The van der Waals surface area contributed by atoms with Crippen molar-refractivity contribution in [2.45, 2.75) is 52.1 Å². The van der Waals surface area contributed by atoms with Crippen molar-refractivity contribution >= 4 is 17.6 Å². The highest BCUT2D eigenvalue weighted by Gasteiger charge is 2.26. The lowest BCUT2D eigenvalue weighted by Crippen LogP contribution is -2.50. The van der Waals surface area contributed by atoms with Gasteiger partial charge in [0.25, 0.3) is 0 Å². The molecular formula is C19H28N4O2. The third kappa shape index (κ3) is 4.71. The van der Waals surface area contributed by atoms with Crippen molar-refractivity contribution in [3.8, 4) is 0 Å². The number of anilines is 1. The first kappa shape index (κ1) is 17.7. The summed E-state index contributed by atoms with van der Waals surface area (Å²) in [5.41, 5.74) is 2.05. The van der Waals surface area contributed by atoms with Crippen LogP contribution in [0.4, 0.5) is 10.7 Å². The first-order chi connectivity index (χ1) is 11.9. The van der Waals surface area contributed by atoms with Crippen molar-refractivity contribution < 1.29 is 9.53 Å². The Morgan fingerprint density at radius 1 is 1.08 bits per heavy atom. The van der Waals surface area contributed by atoms with Crippen LogP contribution in [0.2, 0.25) is 0 Å². The Morgan fingerprint density at radius 3 is 2.32 bits per heavy atom. The van der Waals surface area contributed by atoms with Gasteiger partial charge in [-0.25, -0.2) is 14.8 Å². The van der Waals surface area contributed by atoms with Gasteiger partial charge in [-0.05, 0) is 52.0 Å². The molecule has 0 unspecified atom stereocenters. The summed E-state index contributed by atoms with van der Waals surface area (Å²) in [5.74, 6) is 0.740. The molecule has 136 valence electrons. The SMILES string of the molecule is CC(C)(C)OC(=O)N1CCN(c2ncc(C3=CCCCC3)cn2)CC1. The van der Waals surface area contributed by atoms with E-state index in [0.717, 1.165) is 37.4 Å². The number of aromatic nitrogens is 2. The average Bonchev–Trinajstić information content (AvgIpc) is 2.61. The number of nitrogens with zero attached hydrogens (tertiary/aromatic N) is 4. The van der Waals surface area contributed by atoms with Gasteiger partial charge in [-0.3, -0.25) is 0 Å². The lowest BCUT2D eigenvalue weighted by molar-refractivity contribution is 0.0240. The first-order valence-corrected chi connectivity index (χ1v) is 9.17. The van der Waals surface area contributed by atoms with E-state index in [1.54, 1.807) is 4.90 Å². The summed E-state index contributed by atoms with van der Waals surface area (Å²) < 4.78 is 5.43. The lowest BCUT2D eigenvalue weighted by Gasteiger charge is -2.35. The minimum atomic E-state index is -0.457. The lowest BCUT2D eigenvalue weighted by atomic mass is 9.95. The van der Waals surface area contributed by atoms with E-state index in [1.165, 1.54) is 18.4 Å². The van der Waals surface area contributed by atoms with Gasteiger partial charge in [0.15, 0.2) is 0 Å². The summed E-state index contributed by atoms with van der Waals surface area (Å²) in [5, 5.41) is 0. The van der Waals surface area contributed by atoms with E-state index < -0.39 is 5.60 Å². The molecule has 1 aromatic heterocycles. The van der Waals surface area contributed by atoms with Crippen LogP contribution >= 0.6 is 0 Å². The van der Waals surface area contributed by atoms with Crippen molar-refractivity contribution in [3.05, 3.63) is 24.0 Å². The average molecular weight is 344 g/mol. The number of piperazine rings is 1. The number of carbonyl (C=O) groups excluding carboxylic acids is 1. The van der Waals surface area contributed by atoms with E-state index in [2.05, 4.69) is 20.9 Å². The molecule has 1 aliphatic heterocycles. The van der Waals surface area contributed by atoms with Crippen molar-refractivity contribution in [1.29, 1.82) is 0 Å². The molecule has 0 atom stereocenters. The highest BCUT2D eigenvalue weighted by atomic mass is 16.6. The second-order valence-electron chi connectivity index (χ2n) is 7.70. The molecule has 1 aliphatic carbocycles. The van der Waals surface area contributed by atoms with Crippen LogP contribution in [0.25, 0.3) is 5.57 Å². The summed E-state index contributed by atoms with van der Waals surface area (Å²) >= 11 is 0. The highest BCUT2D eigenvalue weighted by Crippen LogP contribution is 2.26. The molecule has 0 saturated carbocycles. The fraction of sp³-hybridized carbons (Fsp3) is 0.632. The Balaban J connectivity index is 1.56. The Morgan fingerprint density at radius 2 is 1.76 bits per heavy atom. The van der Waals surface area contributed by atoms with Crippen LogP contribution in [-0.2, 0) is 4.74 Å². The maximum Gasteiger partial charge on any atom is 0.410 e. The second-order valence-corrected chi connectivity index (χ2v) is 7.70. The summed E-state index contributed by atoms with van der Waals surface area (Å²) in [6.07, 6.45) is 10.7. The zero-order chi connectivity index (χ0) is 17.9. The maximum atomic E-state index is 12.1. The number of ether oxygens (including phenoxy) is 1. The molecule has 0 spiro atoms. The van der Waals surface area contributed by atoms with E-state index in [9.17, 15) is 4.79 Å². The van der Waals surface area contributed by atoms with Crippen LogP contribution in [-0.4, -0.2) is 52.7 Å². The monoisotopic (exact) mass is 344 g/mol. The van der Waals surface area contributed by atoms with Gasteiger partial charge in [-0.1, -0.05) is 6.08 Å². The molecule has 2 heterocycles. The van der Waals surface area contributed by atoms with Crippen LogP contribution in [0.5, 0.6) is 0 Å². The fourth-order valence-electron chi connectivity index (χ4n) is 3.17. The standard InChI is InChI=1S/C19H28N4O2/c1-19(2,3)25-18(24)23-11-9-22(10-12-23)17-20-13-16(14-21-17)15-7-5-4-6-8-15/h7,13-14H,4-6,8-12H2,1-3H3. The second kappa shape index (κ2) is 7.42. The van der Waals surface area contributed by atoms with E-state index in [-0.39, 0.29) is 6.09 Å². The Labute approximate surface area is 149 Å². The molecule has 2 aliphatic rings. The number of allylic oxidation sites excluding steroid dienone is 2. The smallest absolute Gasteiger partial charge is 0.410 e. The van der Waals surface area contributed by atoms with Crippen LogP contribution in [0.1, 0.15) is 52.0 Å². The fourth-order valence-corrected chi connectivity index (χ4v) is 3.17. The number of hydrogen-bond acceptors (Lipinski definition) is 5. The summed E-state index contributed by atoms with van der Waals surface area (Å²) in [7, 11) is 0. The van der Waals surface area contributed by atoms with E-state index in [0.29, 0.717) is 13.1 Å². The van der Waals surface area contributed by atoms with Gasteiger partial charge in [-0.2, -0.15) is 0 Å². The Bertz CT molecular complexity index is 626. The number of rotatable bonds is 2. The molecular weight excluding hydrogens is 316 g/mol. The summed E-state index contributed by atoms with van der Waals surface area (Å²) in [6.45, 7) is 8.37. The van der Waals surface area contributed by atoms with Gasteiger partial charge in [-0.15, -0.1) is 0 Å². The molecule has 0 N–H and O–H groups in total. The Kier molecular flexibility index (Phi) is 5.25. The van der Waals surface area contributed by atoms with Crippen molar-refractivity contribution in [2.24, 2.45) is 0 Å². The number of amides is 1. The van der Waals surface area contributed by atoms with Crippen molar-refractivity contribution in [3.63, 3.8) is 0 Å². The van der Waals surface area contributed by atoms with E-state index >= 15 is 0 Å². The van der Waals surface area contributed by atoms with Crippen molar-refractivity contribution in [1.82, 2.24) is 14.9 Å². The normalized spacial score (nSPS) is 18.8. The minimum absolute atomic E-state index is 0.243. The minimum Gasteiger partial charge on any atom is -0.444 e. The van der Waals surface area contributed by atoms with Gasteiger partial charge in [0.2, 0.25) is 5.95 Å². The molecule has 3 rings (SSSR count). The summed E-state index contributed by atoms with van der Waals surface area (Å²) in [4.78, 5) is 25.1. The van der Waals surface area contributed by atoms with Gasteiger partial charge in [0.1, 0.15) is 5.60 Å². The van der Waals surface area contributed by atoms with Crippen molar-refractivity contribution in [2.75, 3.05) is 31.1 Å². The molecule has 25 heavy (non-hydrogen) atoms. The molecule has 0 radical (unpaired) electrons. The molecule has 6 nitrogen and oxygen atoms in total. The molecule has 0 bridgehead atoms. The zero-order valence-electron chi connectivity index (χ0n) is 15.5. The van der Waals surface area contributed by atoms with Gasteiger partial charge in [0.05, 0.1) is 0 Å². The van der Waals surface area contributed by atoms with Gasteiger partial charge < -0.3 is 14.5 Å². The third-order valence-electron chi connectivity index (χ3n) is 4.51. The largest absolute Gasteiger partial charge is 0.444 e. The topological polar surface area (TPSA) is 58.6 Å². The zero-order valence-corrected chi connectivity index (χ0v) is 15.5. The predicted octanol–water partition coefficient (Wildman–Crippen LogP) is 3.49. The van der Waals surface area contributed by atoms with Crippen LogP contribution in [0.15, 0.2) is 18.5 Å². The number of carbonyl (C=O) groups is 1. The Hall–Kier alpha value is -2.11. The molecule has 1 aromatic rings. The van der Waals surface area contributed by atoms with Gasteiger partial charge >= 0.3 is 6.09 Å². The van der Waals surface area contributed by atoms with E-state index in [4.69, 9.17) is 4.74 Å². The first-order valence-electron chi connectivity index (χ1n) is 9.17. The quantitative estimate of drug-likeness (QED) is 0.822. The van der Waals surface area contributed by atoms with Crippen LogP contribution < -0.4 is 4.90 Å².